The topological polar surface area (TPSA) is 21.3 Å². The fourth-order valence-corrected chi connectivity index (χ4v) is 8.70. The molecule has 10 aromatic rings. The summed E-state index contributed by atoms with van der Waals surface area (Å²) in [5.41, 5.74) is 12.3. The number of hydrogen-bond acceptors (Lipinski definition) is 2. The zero-order valence-electron chi connectivity index (χ0n) is 30.1. The lowest BCUT2D eigenvalue weighted by Gasteiger charge is -2.29. The highest BCUT2D eigenvalue weighted by Crippen LogP contribution is 2.41. The van der Waals surface area contributed by atoms with Crippen LogP contribution in [0.25, 0.3) is 71.3 Å². The van der Waals surface area contributed by atoms with E-state index in [2.05, 4.69) is 198 Å². The highest BCUT2D eigenvalue weighted by molar-refractivity contribution is 6.21. The normalized spacial score (nSPS) is 14.3. The van der Waals surface area contributed by atoms with E-state index in [1.807, 2.05) is 12.1 Å². The third-order valence-corrected chi connectivity index (χ3v) is 11.3. The Morgan fingerprint density at radius 3 is 2.02 bits per heavy atom. The quantitative estimate of drug-likeness (QED) is 0.172. The maximum absolute atomic E-state index is 6.41. The average Bonchev–Trinajstić information content (AvgIpc) is 3.81. The first kappa shape index (κ1) is 31.4. The summed E-state index contributed by atoms with van der Waals surface area (Å²) in [6.07, 6.45) is 7.96. The Kier molecular flexibility index (Phi) is 7.31. The molecule has 0 fully saturated rings. The standard InChI is InChI=1S/C52H36N2O/c1-2-11-35(12-3-1)36-21-26-39(27-22-36)53(40-28-23-38(24-29-40)44-17-10-18-46-45-15-7-9-20-50(45)55-52(44)46)41-30-32-42(33-31-41)54-48-19-8-6-16-47(48)51-43-14-5-4-13-37(43)25-34-49(51)54/h1-21,23-34,36H,22H2. The summed E-state index contributed by atoms with van der Waals surface area (Å²) < 4.78 is 8.82. The second kappa shape index (κ2) is 12.8. The largest absolute Gasteiger partial charge is 0.455 e. The number of nitrogens with zero attached hydrogens (tertiary/aromatic N) is 2. The molecule has 2 aromatic heterocycles. The van der Waals surface area contributed by atoms with Crippen molar-refractivity contribution in [3.8, 4) is 16.8 Å². The van der Waals surface area contributed by atoms with Crippen LogP contribution in [0, 0.1) is 0 Å². The Morgan fingerprint density at radius 1 is 0.527 bits per heavy atom. The molecule has 2 heterocycles. The lowest BCUT2D eigenvalue weighted by molar-refractivity contribution is 0.670. The first-order chi connectivity index (χ1) is 27.3. The van der Waals surface area contributed by atoms with Gasteiger partial charge in [0.25, 0.3) is 0 Å². The van der Waals surface area contributed by atoms with Gasteiger partial charge < -0.3 is 13.9 Å². The Hall–Kier alpha value is -7.10. The smallest absolute Gasteiger partial charge is 0.143 e. The third kappa shape index (κ3) is 5.20. The summed E-state index contributed by atoms with van der Waals surface area (Å²) in [6.45, 7) is 0. The lowest BCUT2D eigenvalue weighted by Crippen LogP contribution is -2.17. The number of furan rings is 1. The van der Waals surface area contributed by atoms with E-state index in [0.717, 1.165) is 62.2 Å². The van der Waals surface area contributed by atoms with E-state index in [1.54, 1.807) is 0 Å². The highest BCUT2D eigenvalue weighted by Gasteiger charge is 2.20. The van der Waals surface area contributed by atoms with E-state index >= 15 is 0 Å². The van der Waals surface area contributed by atoms with Gasteiger partial charge in [-0.05, 0) is 89.0 Å². The van der Waals surface area contributed by atoms with Gasteiger partial charge in [0.2, 0.25) is 0 Å². The van der Waals surface area contributed by atoms with Crippen molar-refractivity contribution < 1.29 is 4.42 Å². The number of para-hydroxylation sites is 3. The SMILES string of the molecule is C1=CC(c2ccccc2)CC=C1N(c1ccc(-c2cccc3c2oc2ccccc23)cc1)c1ccc(-n2c3ccccc3c3c4ccccc4ccc32)cc1. The molecule has 0 aliphatic heterocycles. The van der Waals surface area contributed by atoms with Crippen LogP contribution in [0.2, 0.25) is 0 Å². The van der Waals surface area contributed by atoms with Gasteiger partial charge in [0.15, 0.2) is 0 Å². The maximum Gasteiger partial charge on any atom is 0.143 e. The van der Waals surface area contributed by atoms with Crippen LogP contribution in [-0.4, -0.2) is 4.57 Å². The zero-order chi connectivity index (χ0) is 36.3. The van der Waals surface area contributed by atoms with Crippen LogP contribution < -0.4 is 4.90 Å². The van der Waals surface area contributed by atoms with E-state index in [4.69, 9.17) is 4.42 Å². The van der Waals surface area contributed by atoms with Crippen molar-refractivity contribution >= 4 is 65.9 Å². The van der Waals surface area contributed by atoms with Crippen LogP contribution in [0.1, 0.15) is 17.9 Å². The number of anilines is 2. The van der Waals surface area contributed by atoms with E-state index in [9.17, 15) is 0 Å². The number of hydrogen-bond donors (Lipinski definition) is 0. The molecule has 3 nitrogen and oxygen atoms in total. The van der Waals surface area contributed by atoms with Gasteiger partial charge in [-0.15, -0.1) is 0 Å². The predicted octanol–water partition coefficient (Wildman–Crippen LogP) is 14.3. The second-order valence-electron chi connectivity index (χ2n) is 14.5. The molecule has 3 heteroatoms. The minimum atomic E-state index is 0.354. The van der Waals surface area contributed by atoms with Crippen LogP contribution >= 0.6 is 0 Å². The molecule has 1 aliphatic carbocycles. The van der Waals surface area contributed by atoms with Crippen molar-refractivity contribution in [2.24, 2.45) is 0 Å². The third-order valence-electron chi connectivity index (χ3n) is 11.3. The molecule has 0 N–H and O–H groups in total. The molecular weight excluding hydrogens is 669 g/mol. The van der Waals surface area contributed by atoms with Crippen LogP contribution in [0.3, 0.4) is 0 Å². The van der Waals surface area contributed by atoms with Gasteiger partial charge in [0, 0.05) is 55.8 Å². The number of aromatic nitrogens is 1. The molecule has 260 valence electrons. The van der Waals surface area contributed by atoms with Crippen LogP contribution in [0.5, 0.6) is 0 Å². The van der Waals surface area contributed by atoms with E-state index in [1.165, 1.54) is 38.1 Å². The Balaban J connectivity index is 1.01. The zero-order valence-corrected chi connectivity index (χ0v) is 30.1. The first-order valence-electron chi connectivity index (χ1n) is 19.0. The molecule has 1 aliphatic rings. The molecule has 0 spiro atoms. The predicted molar refractivity (Wildman–Crippen MR) is 231 cm³/mol. The Morgan fingerprint density at radius 2 is 1.22 bits per heavy atom. The minimum absolute atomic E-state index is 0.354. The summed E-state index contributed by atoms with van der Waals surface area (Å²) in [5.74, 6) is 0.354. The summed E-state index contributed by atoms with van der Waals surface area (Å²) >= 11 is 0. The molecular formula is C52H36N2O. The number of benzene rings is 8. The van der Waals surface area contributed by atoms with Crippen LogP contribution in [0.15, 0.2) is 210 Å². The van der Waals surface area contributed by atoms with Gasteiger partial charge in [0.05, 0.1) is 11.0 Å². The number of rotatable bonds is 6. The van der Waals surface area contributed by atoms with Gasteiger partial charge >= 0.3 is 0 Å². The Bertz CT molecular complexity index is 3110. The summed E-state index contributed by atoms with van der Waals surface area (Å²) in [4.78, 5) is 2.38. The van der Waals surface area contributed by atoms with Crippen molar-refractivity contribution in [2.45, 2.75) is 12.3 Å². The Labute approximate surface area is 319 Å². The summed E-state index contributed by atoms with van der Waals surface area (Å²) in [5, 5.41) is 7.38. The molecule has 1 unspecified atom stereocenters. The fourth-order valence-electron chi connectivity index (χ4n) is 8.70. The van der Waals surface area contributed by atoms with Gasteiger partial charge in [-0.1, -0.05) is 140 Å². The minimum Gasteiger partial charge on any atom is -0.455 e. The average molecular weight is 705 g/mol. The van der Waals surface area contributed by atoms with Crippen molar-refractivity contribution in [3.63, 3.8) is 0 Å². The summed E-state index contributed by atoms with van der Waals surface area (Å²) in [6, 6.07) is 65.4. The van der Waals surface area contributed by atoms with Gasteiger partial charge in [-0.2, -0.15) is 0 Å². The number of fused-ring (bicyclic) bond motifs is 8. The molecule has 11 rings (SSSR count). The van der Waals surface area contributed by atoms with Gasteiger partial charge in [0.1, 0.15) is 11.2 Å². The second-order valence-corrected chi connectivity index (χ2v) is 14.5. The van der Waals surface area contributed by atoms with E-state index < -0.39 is 0 Å². The molecule has 0 radical (unpaired) electrons. The molecule has 55 heavy (non-hydrogen) atoms. The van der Waals surface area contributed by atoms with Crippen molar-refractivity contribution in [1.82, 2.24) is 4.57 Å². The highest BCUT2D eigenvalue weighted by atomic mass is 16.3. The molecule has 0 saturated carbocycles. The molecule has 0 bridgehead atoms. The number of allylic oxidation sites excluding steroid dienone is 3. The first-order valence-corrected chi connectivity index (χ1v) is 19.0. The van der Waals surface area contributed by atoms with Crippen molar-refractivity contribution in [3.05, 3.63) is 211 Å². The lowest BCUT2D eigenvalue weighted by atomic mass is 9.91. The maximum atomic E-state index is 6.41. The van der Waals surface area contributed by atoms with Crippen LogP contribution in [-0.2, 0) is 0 Å². The van der Waals surface area contributed by atoms with Gasteiger partial charge in [-0.25, -0.2) is 0 Å². The van der Waals surface area contributed by atoms with Crippen molar-refractivity contribution in [1.29, 1.82) is 0 Å². The summed E-state index contributed by atoms with van der Waals surface area (Å²) in [7, 11) is 0. The van der Waals surface area contributed by atoms with Gasteiger partial charge in [-0.3, -0.25) is 0 Å². The van der Waals surface area contributed by atoms with Crippen molar-refractivity contribution in [2.75, 3.05) is 4.90 Å². The monoisotopic (exact) mass is 704 g/mol. The van der Waals surface area contributed by atoms with Crippen LogP contribution in [0.4, 0.5) is 11.4 Å². The van der Waals surface area contributed by atoms with E-state index in [0.29, 0.717) is 5.92 Å². The molecule has 1 atom stereocenters. The molecule has 0 amide bonds. The molecule has 0 saturated heterocycles. The fraction of sp³-hybridized carbons (Fsp3) is 0.0385. The molecule has 8 aromatic carbocycles. The van der Waals surface area contributed by atoms with E-state index in [-0.39, 0.29) is 0 Å².